The molecule has 1 aliphatic rings. The van der Waals surface area contributed by atoms with Gasteiger partial charge in [-0.25, -0.2) is 0 Å². The standard InChI is InChI=1S/C13H20Br2N2S/c1-8(2)17-5-3-4-9(7-16)12(17)11-6-10(14)13(15)18-11/h6,8-9,12H,3-5,7,16H2,1-2H3. The number of nitrogens with zero attached hydrogens (tertiary/aromatic N) is 1. The molecule has 0 spiro atoms. The summed E-state index contributed by atoms with van der Waals surface area (Å²) in [7, 11) is 0. The molecule has 0 amide bonds. The first kappa shape index (κ1) is 15.0. The normalized spacial score (nSPS) is 25.9. The highest BCUT2D eigenvalue weighted by molar-refractivity contribution is 9.13. The van der Waals surface area contributed by atoms with Gasteiger partial charge in [0, 0.05) is 21.4 Å². The van der Waals surface area contributed by atoms with Crippen LogP contribution in [0.4, 0.5) is 0 Å². The average Bonchev–Trinajstić information content (AvgIpc) is 2.68. The van der Waals surface area contributed by atoms with Crippen LogP contribution in [0.15, 0.2) is 14.3 Å². The van der Waals surface area contributed by atoms with E-state index in [-0.39, 0.29) is 0 Å². The van der Waals surface area contributed by atoms with Crippen molar-refractivity contribution in [3.63, 3.8) is 0 Å². The van der Waals surface area contributed by atoms with Crippen LogP contribution in [0.5, 0.6) is 0 Å². The van der Waals surface area contributed by atoms with Crippen LogP contribution in [0.1, 0.15) is 37.6 Å². The van der Waals surface area contributed by atoms with Crippen molar-refractivity contribution in [2.45, 2.75) is 38.8 Å². The number of thiophene rings is 1. The summed E-state index contributed by atoms with van der Waals surface area (Å²) in [6.07, 6.45) is 2.52. The molecule has 1 aromatic heterocycles. The Morgan fingerprint density at radius 2 is 2.22 bits per heavy atom. The van der Waals surface area contributed by atoms with Crippen molar-refractivity contribution >= 4 is 43.2 Å². The lowest BCUT2D eigenvalue weighted by molar-refractivity contribution is 0.0688. The van der Waals surface area contributed by atoms with Crippen LogP contribution in [-0.4, -0.2) is 24.0 Å². The van der Waals surface area contributed by atoms with E-state index in [9.17, 15) is 0 Å². The van der Waals surface area contributed by atoms with Crippen LogP contribution in [0.3, 0.4) is 0 Å². The van der Waals surface area contributed by atoms with Gasteiger partial charge in [-0.15, -0.1) is 11.3 Å². The molecule has 0 radical (unpaired) electrons. The predicted molar refractivity (Wildman–Crippen MR) is 86.1 cm³/mol. The van der Waals surface area contributed by atoms with Gasteiger partial charge in [-0.05, 0) is 83.6 Å². The molecular formula is C13H20Br2N2S. The van der Waals surface area contributed by atoms with Gasteiger partial charge in [-0.3, -0.25) is 4.90 Å². The number of piperidine rings is 1. The summed E-state index contributed by atoms with van der Waals surface area (Å²) >= 11 is 9.03. The number of hydrogen-bond acceptors (Lipinski definition) is 3. The fraction of sp³-hybridized carbons (Fsp3) is 0.692. The highest BCUT2D eigenvalue weighted by Gasteiger charge is 2.34. The topological polar surface area (TPSA) is 29.3 Å². The van der Waals surface area contributed by atoms with Crippen molar-refractivity contribution in [2.24, 2.45) is 11.7 Å². The first-order chi connectivity index (χ1) is 8.54. The van der Waals surface area contributed by atoms with Gasteiger partial charge in [0.05, 0.1) is 3.79 Å². The molecule has 18 heavy (non-hydrogen) atoms. The molecule has 1 aromatic rings. The lowest BCUT2D eigenvalue weighted by atomic mass is 9.87. The zero-order chi connectivity index (χ0) is 13.3. The molecule has 5 heteroatoms. The second-order valence-electron chi connectivity index (χ2n) is 5.18. The van der Waals surface area contributed by atoms with Crippen molar-refractivity contribution in [3.05, 3.63) is 19.2 Å². The Bertz CT molecular complexity index is 386. The fourth-order valence-electron chi connectivity index (χ4n) is 2.83. The minimum Gasteiger partial charge on any atom is -0.330 e. The van der Waals surface area contributed by atoms with E-state index in [1.54, 1.807) is 0 Å². The first-order valence-electron chi connectivity index (χ1n) is 6.45. The summed E-state index contributed by atoms with van der Waals surface area (Å²) < 4.78 is 2.34. The molecule has 1 aliphatic heterocycles. The number of likely N-dealkylation sites (tertiary alicyclic amines) is 1. The van der Waals surface area contributed by atoms with E-state index < -0.39 is 0 Å². The number of hydrogen-bond donors (Lipinski definition) is 1. The molecule has 2 heterocycles. The highest BCUT2D eigenvalue weighted by Crippen LogP contribution is 2.43. The fourth-order valence-corrected chi connectivity index (χ4v) is 5.14. The number of nitrogens with two attached hydrogens (primary N) is 1. The SMILES string of the molecule is CC(C)N1CCCC(CN)C1c1cc(Br)c(Br)s1. The van der Waals surface area contributed by atoms with Crippen LogP contribution in [0.25, 0.3) is 0 Å². The zero-order valence-corrected chi connectivity index (χ0v) is 14.8. The molecule has 2 unspecified atom stereocenters. The summed E-state index contributed by atoms with van der Waals surface area (Å²) in [6.45, 7) is 6.53. The lowest BCUT2D eigenvalue weighted by Gasteiger charge is -2.43. The Hall–Kier alpha value is 0.580. The quantitative estimate of drug-likeness (QED) is 0.821. The zero-order valence-electron chi connectivity index (χ0n) is 10.8. The summed E-state index contributed by atoms with van der Waals surface area (Å²) in [4.78, 5) is 4.03. The Morgan fingerprint density at radius 3 is 2.72 bits per heavy atom. The summed E-state index contributed by atoms with van der Waals surface area (Å²) in [5, 5.41) is 0. The van der Waals surface area contributed by atoms with Crippen molar-refractivity contribution in [1.29, 1.82) is 0 Å². The van der Waals surface area contributed by atoms with E-state index in [0.29, 0.717) is 18.0 Å². The number of rotatable bonds is 3. The van der Waals surface area contributed by atoms with Gasteiger partial charge in [-0.2, -0.15) is 0 Å². The van der Waals surface area contributed by atoms with Gasteiger partial charge in [0.2, 0.25) is 0 Å². The minimum atomic E-state index is 0.483. The summed E-state index contributed by atoms with van der Waals surface area (Å²) in [5.74, 6) is 0.582. The molecule has 2 atom stereocenters. The maximum Gasteiger partial charge on any atom is 0.0843 e. The van der Waals surface area contributed by atoms with E-state index in [4.69, 9.17) is 5.73 Å². The lowest BCUT2D eigenvalue weighted by Crippen LogP contribution is -2.44. The Balaban J connectivity index is 2.33. The van der Waals surface area contributed by atoms with E-state index in [2.05, 4.69) is 56.7 Å². The Morgan fingerprint density at radius 1 is 1.50 bits per heavy atom. The summed E-state index contributed by atoms with van der Waals surface area (Å²) in [5.41, 5.74) is 5.99. The van der Waals surface area contributed by atoms with Gasteiger partial charge < -0.3 is 5.73 Å². The van der Waals surface area contributed by atoms with Crippen molar-refractivity contribution in [1.82, 2.24) is 4.90 Å². The Labute approximate surface area is 130 Å². The molecular weight excluding hydrogens is 376 g/mol. The first-order valence-corrected chi connectivity index (χ1v) is 8.85. The van der Waals surface area contributed by atoms with Gasteiger partial charge in [0.25, 0.3) is 0 Å². The molecule has 102 valence electrons. The van der Waals surface area contributed by atoms with Crippen LogP contribution < -0.4 is 5.73 Å². The Kier molecular flexibility index (Phi) is 5.29. The third-order valence-corrected chi connectivity index (χ3v) is 7.04. The van der Waals surface area contributed by atoms with Crippen LogP contribution >= 0.6 is 43.2 Å². The monoisotopic (exact) mass is 394 g/mol. The molecule has 0 aromatic carbocycles. The maximum atomic E-state index is 5.99. The average molecular weight is 396 g/mol. The summed E-state index contributed by atoms with van der Waals surface area (Å²) in [6, 6.07) is 3.31. The molecule has 2 N–H and O–H groups in total. The van der Waals surface area contributed by atoms with Gasteiger partial charge in [0.15, 0.2) is 0 Å². The molecule has 1 saturated heterocycles. The van der Waals surface area contributed by atoms with Crippen molar-refractivity contribution < 1.29 is 0 Å². The van der Waals surface area contributed by atoms with E-state index in [1.165, 1.54) is 28.0 Å². The van der Waals surface area contributed by atoms with E-state index >= 15 is 0 Å². The molecule has 2 nitrogen and oxygen atoms in total. The minimum absolute atomic E-state index is 0.483. The smallest absolute Gasteiger partial charge is 0.0843 e. The molecule has 1 fully saturated rings. The third-order valence-electron chi connectivity index (χ3n) is 3.72. The molecule has 0 bridgehead atoms. The van der Waals surface area contributed by atoms with Crippen LogP contribution in [-0.2, 0) is 0 Å². The second-order valence-corrected chi connectivity index (χ2v) is 8.44. The van der Waals surface area contributed by atoms with Crippen molar-refractivity contribution in [2.75, 3.05) is 13.1 Å². The van der Waals surface area contributed by atoms with Gasteiger partial charge in [-0.1, -0.05) is 0 Å². The largest absolute Gasteiger partial charge is 0.330 e. The third kappa shape index (κ3) is 3.01. The predicted octanol–water partition coefficient (Wildman–Crippen LogP) is 4.39. The van der Waals surface area contributed by atoms with E-state index in [1.807, 2.05) is 11.3 Å². The molecule has 2 rings (SSSR count). The van der Waals surface area contributed by atoms with Gasteiger partial charge in [0.1, 0.15) is 0 Å². The second kappa shape index (κ2) is 6.35. The molecule has 0 aliphatic carbocycles. The van der Waals surface area contributed by atoms with Gasteiger partial charge >= 0.3 is 0 Å². The maximum absolute atomic E-state index is 5.99. The highest BCUT2D eigenvalue weighted by atomic mass is 79.9. The molecule has 0 saturated carbocycles. The van der Waals surface area contributed by atoms with Crippen LogP contribution in [0.2, 0.25) is 0 Å². The van der Waals surface area contributed by atoms with Crippen molar-refractivity contribution in [3.8, 4) is 0 Å². The van der Waals surface area contributed by atoms with E-state index in [0.717, 1.165) is 11.0 Å². The number of halogens is 2. The van der Waals surface area contributed by atoms with Crippen LogP contribution in [0, 0.1) is 5.92 Å².